The Morgan fingerprint density at radius 1 is 0.727 bits per heavy atom. The van der Waals surface area contributed by atoms with E-state index in [1.54, 1.807) is 12.1 Å². The molecular formula is C17H15BN2O2. The van der Waals surface area contributed by atoms with Crippen molar-refractivity contribution in [1.29, 1.82) is 0 Å². The molecular weight excluding hydrogens is 275 g/mol. The van der Waals surface area contributed by atoms with Gasteiger partial charge in [-0.15, -0.1) is 0 Å². The van der Waals surface area contributed by atoms with Crippen molar-refractivity contribution in [2.24, 2.45) is 0 Å². The van der Waals surface area contributed by atoms with Crippen LogP contribution in [0.1, 0.15) is 0 Å². The van der Waals surface area contributed by atoms with E-state index in [4.69, 9.17) is 0 Å². The molecule has 5 heteroatoms. The van der Waals surface area contributed by atoms with E-state index in [9.17, 15) is 10.0 Å². The number of pyridine rings is 1. The summed E-state index contributed by atoms with van der Waals surface area (Å²) in [6.45, 7) is 0. The molecule has 0 spiro atoms. The SMILES string of the molecule is OB(O)c1ccc(N(c2ccccc2)c2ccccc2)nc1. The van der Waals surface area contributed by atoms with Gasteiger partial charge in [-0.05, 0) is 30.3 Å². The topological polar surface area (TPSA) is 56.6 Å². The minimum absolute atomic E-state index is 0.366. The van der Waals surface area contributed by atoms with E-state index in [-0.39, 0.29) is 0 Å². The van der Waals surface area contributed by atoms with Crippen molar-refractivity contribution in [2.75, 3.05) is 4.90 Å². The predicted molar refractivity (Wildman–Crippen MR) is 88.7 cm³/mol. The largest absolute Gasteiger partial charge is 0.490 e. The molecule has 1 heterocycles. The summed E-state index contributed by atoms with van der Waals surface area (Å²) in [7, 11) is -1.51. The Morgan fingerprint density at radius 2 is 1.27 bits per heavy atom. The molecule has 108 valence electrons. The molecule has 0 unspecified atom stereocenters. The van der Waals surface area contributed by atoms with Gasteiger partial charge in [-0.25, -0.2) is 4.98 Å². The lowest BCUT2D eigenvalue weighted by atomic mass is 9.82. The Balaban J connectivity index is 2.06. The molecule has 4 nitrogen and oxygen atoms in total. The molecule has 0 saturated heterocycles. The number of hydrogen-bond donors (Lipinski definition) is 2. The summed E-state index contributed by atoms with van der Waals surface area (Å²) in [5.41, 5.74) is 2.34. The summed E-state index contributed by atoms with van der Waals surface area (Å²) in [4.78, 5) is 6.37. The zero-order valence-corrected chi connectivity index (χ0v) is 11.9. The number of para-hydroxylation sites is 2. The zero-order chi connectivity index (χ0) is 15.4. The van der Waals surface area contributed by atoms with Crippen LogP contribution in [0.2, 0.25) is 0 Å². The Hall–Kier alpha value is -2.63. The van der Waals surface area contributed by atoms with Crippen LogP contribution in [-0.4, -0.2) is 22.2 Å². The van der Waals surface area contributed by atoms with Crippen LogP contribution >= 0.6 is 0 Å². The highest BCUT2D eigenvalue weighted by Gasteiger charge is 2.15. The second-order valence-corrected chi connectivity index (χ2v) is 4.83. The number of hydrogen-bond acceptors (Lipinski definition) is 4. The van der Waals surface area contributed by atoms with Crippen LogP contribution in [0, 0.1) is 0 Å². The standard InChI is InChI=1S/C17H15BN2O2/c21-18(22)14-11-12-17(19-13-14)20(15-7-3-1-4-8-15)16-9-5-2-6-10-16/h1-13,21-22H. The second-order valence-electron chi connectivity index (χ2n) is 4.83. The first-order valence-electron chi connectivity index (χ1n) is 6.98. The lowest BCUT2D eigenvalue weighted by molar-refractivity contribution is 0.425. The average Bonchev–Trinajstić information content (AvgIpc) is 2.57. The maximum absolute atomic E-state index is 9.19. The molecule has 0 aliphatic rings. The van der Waals surface area contributed by atoms with Crippen LogP contribution < -0.4 is 10.4 Å². The Kier molecular flexibility index (Phi) is 4.18. The van der Waals surface area contributed by atoms with Crippen LogP contribution in [-0.2, 0) is 0 Å². The van der Waals surface area contributed by atoms with Crippen LogP contribution in [0.5, 0.6) is 0 Å². The van der Waals surface area contributed by atoms with Gasteiger partial charge in [-0.2, -0.15) is 0 Å². The van der Waals surface area contributed by atoms with E-state index in [0.29, 0.717) is 11.3 Å². The van der Waals surface area contributed by atoms with Crippen molar-refractivity contribution < 1.29 is 10.0 Å². The first-order chi connectivity index (χ1) is 10.8. The van der Waals surface area contributed by atoms with Crippen LogP contribution in [0.4, 0.5) is 17.2 Å². The molecule has 2 aromatic carbocycles. The Bertz CT molecular complexity index is 679. The molecule has 0 fully saturated rings. The number of aromatic nitrogens is 1. The molecule has 0 aliphatic heterocycles. The smallest absolute Gasteiger partial charge is 0.423 e. The maximum atomic E-state index is 9.19. The van der Waals surface area contributed by atoms with Gasteiger partial charge in [0.1, 0.15) is 5.82 Å². The second kappa shape index (κ2) is 6.43. The summed E-state index contributed by atoms with van der Waals surface area (Å²) in [5.74, 6) is 0.710. The van der Waals surface area contributed by atoms with Crippen molar-refractivity contribution in [3.05, 3.63) is 79.0 Å². The molecule has 3 rings (SSSR count). The van der Waals surface area contributed by atoms with Crippen molar-refractivity contribution in [3.8, 4) is 0 Å². The Morgan fingerprint density at radius 3 is 1.68 bits per heavy atom. The molecule has 0 bridgehead atoms. The van der Waals surface area contributed by atoms with Gasteiger partial charge >= 0.3 is 7.12 Å². The van der Waals surface area contributed by atoms with Gasteiger partial charge in [-0.1, -0.05) is 42.5 Å². The van der Waals surface area contributed by atoms with Crippen molar-refractivity contribution in [3.63, 3.8) is 0 Å². The van der Waals surface area contributed by atoms with Gasteiger partial charge in [0.05, 0.1) is 0 Å². The van der Waals surface area contributed by atoms with Gasteiger partial charge in [0, 0.05) is 23.0 Å². The average molecular weight is 290 g/mol. The number of nitrogens with zero attached hydrogens (tertiary/aromatic N) is 2. The molecule has 2 N–H and O–H groups in total. The van der Waals surface area contributed by atoms with E-state index in [2.05, 4.69) is 4.98 Å². The number of benzene rings is 2. The predicted octanol–water partition coefficient (Wildman–Crippen LogP) is 2.23. The Labute approximate surface area is 129 Å². The third-order valence-electron chi connectivity index (χ3n) is 3.33. The summed E-state index contributed by atoms with van der Waals surface area (Å²) < 4.78 is 0. The van der Waals surface area contributed by atoms with E-state index < -0.39 is 7.12 Å². The maximum Gasteiger partial charge on any atom is 0.490 e. The number of rotatable bonds is 4. The summed E-state index contributed by atoms with van der Waals surface area (Å²) in [5, 5.41) is 18.4. The fourth-order valence-electron chi connectivity index (χ4n) is 2.25. The van der Waals surface area contributed by atoms with Crippen molar-refractivity contribution in [2.45, 2.75) is 0 Å². The normalized spacial score (nSPS) is 10.3. The third kappa shape index (κ3) is 3.00. The molecule has 1 aromatic heterocycles. The molecule has 0 aliphatic carbocycles. The van der Waals surface area contributed by atoms with Gasteiger partial charge < -0.3 is 10.0 Å². The quantitative estimate of drug-likeness (QED) is 0.723. The molecule has 0 saturated carbocycles. The molecule has 0 radical (unpaired) electrons. The minimum Gasteiger partial charge on any atom is -0.423 e. The number of anilines is 3. The van der Waals surface area contributed by atoms with Gasteiger partial charge in [0.2, 0.25) is 0 Å². The zero-order valence-electron chi connectivity index (χ0n) is 11.9. The fraction of sp³-hybridized carbons (Fsp3) is 0. The van der Waals surface area contributed by atoms with Gasteiger partial charge in [-0.3, -0.25) is 4.90 Å². The van der Waals surface area contributed by atoms with E-state index in [1.807, 2.05) is 65.6 Å². The fourth-order valence-corrected chi connectivity index (χ4v) is 2.25. The monoisotopic (exact) mass is 290 g/mol. The van der Waals surface area contributed by atoms with Gasteiger partial charge in [0.15, 0.2) is 0 Å². The summed E-state index contributed by atoms with van der Waals surface area (Å²) in [6.07, 6.45) is 1.47. The highest BCUT2D eigenvalue weighted by Crippen LogP contribution is 2.31. The minimum atomic E-state index is -1.51. The first kappa shape index (κ1) is 14.3. The van der Waals surface area contributed by atoms with Gasteiger partial charge in [0.25, 0.3) is 0 Å². The lowest BCUT2D eigenvalue weighted by Crippen LogP contribution is -2.30. The summed E-state index contributed by atoms with van der Waals surface area (Å²) in [6, 6.07) is 23.2. The molecule has 3 aromatic rings. The van der Waals surface area contributed by atoms with Crippen molar-refractivity contribution >= 4 is 29.8 Å². The first-order valence-corrected chi connectivity index (χ1v) is 6.98. The van der Waals surface area contributed by atoms with E-state index in [1.165, 1.54) is 6.20 Å². The van der Waals surface area contributed by atoms with Crippen LogP contribution in [0.15, 0.2) is 79.0 Å². The highest BCUT2D eigenvalue weighted by atomic mass is 16.4. The van der Waals surface area contributed by atoms with Crippen molar-refractivity contribution in [1.82, 2.24) is 4.98 Å². The summed E-state index contributed by atoms with van der Waals surface area (Å²) >= 11 is 0. The molecule has 0 atom stereocenters. The molecule has 0 amide bonds. The highest BCUT2D eigenvalue weighted by molar-refractivity contribution is 6.58. The lowest BCUT2D eigenvalue weighted by Gasteiger charge is -2.24. The van der Waals surface area contributed by atoms with E-state index in [0.717, 1.165) is 11.4 Å². The van der Waals surface area contributed by atoms with E-state index >= 15 is 0 Å². The third-order valence-corrected chi connectivity index (χ3v) is 3.33. The van der Waals surface area contributed by atoms with Crippen LogP contribution in [0.25, 0.3) is 0 Å². The molecule has 22 heavy (non-hydrogen) atoms. The van der Waals surface area contributed by atoms with Crippen LogP contribution in [0.3, 0.4) is 0 Å².